The Balaban J connectivity index is 1.39. The van der Waals surface area contributed by atoms with Crippen LogP contribution in [0.15, 0.2) is 0 Å². The van der Waals surface area contributed by atoms with Crippen LogP contribution < -0.4 is 10.6 Å². The molecule has 3 rings (SSSR count). The Labute approximate surface area is 109 Å². The van der Waals surface area contributed by atoms with Gasteiger partial charge in [0.15, 0.2) is 0 Å². The number of nitrogens with one attached hydrogen (secondary N) is 2. The van der Waals surface area contributed by atoms with E-state index in [1.54, 1.807) is 0 Å². The zero-order valence-corrected chi connectivity index (χ0v) is 10.9. The Morgan fingerprint density at radius 2 is 2.11 bits per heavy atom. The van der Waals surface area contributed by atoms with Crippen LogP contribution in [-0.4, -0.2) is 36.8 Å². The quantitative estimate of drug-likeness (QED) is 0.683. The van der Waals surface area contributed by atoms with Crippen molar-refractivity contribution in [3.8, 4) is 0 Å². The van der Waals surface area contributed by atoms with E-state index in [1.807, 2.05) is 0 Å². The van der Waals surface area contributed by atoms with Gasteiger partial charge in [-0.05, 0) is 37.0 Å². The monoisotopic (exact) mass is 252 g/mol. The summed E-state index contributed by atoms with van der Waals surface area (Å²) < 4.78 is 0. The van der Waals surface area contributed by atoms with E-state index in [0.29, 0.717) is 25.4 Å². The predicted octanol–water partition coefficient (Wildman–Crippen LogP) is 0.509. The summed E-state index contributed by atoms with van der Waals surface area (Å²) in [5.74, 6) is 2.74. The average molecular weight is 252 g/mol. The number of hydrogen-bond donors (Lipinski definition) is 3. The number of rotatable bonds is 4. The van der Waals surface area contributed by atoms with E-state index in [0.717, 1.165) is 18.4 Å². The van der Waals surface area contributed by atoms with Crippen LogP contribution in [0.4, 0.5) is 0 Å². The fourth-order valence-corrected chi connectivity index (χ4v) is 4.11. The van der Waals surface area contributed by atoms with Crippen LogP contribution in [0.2, 0.25) is 0 Å². The number of hydrogen-bond acceptors (Lipinski definition) is 3. The first-order chi connectivity index (χ1) is 8.72. The molecular weight excluding hydrogens is 228 g/mol. The van der Waals surface area contributed by atoms with Gasteiger partial charge in [0.2, 0.25) is 5.91 Å². The molecule has 1 aliphatic heterocycles. The van der Waals surface area contributed by atoms with Crippen LogP contribution in [0.5, 0.6) is 0 Å². The molecule has 5 atom stereocenters. The highest BCUT2D eigenvalue weighted by molar-refractivity contribution is 5.76. The highest BCUT2D eigenvalue weighted by Crippen LogP contribution is 2.49. The number of aliphatic hydroxyl groups excluding tert-OH is 1. The standard InChI is InChI=1S/C14H24N2O2/c17-13-8-15-6-12(13)7-16-14(18)5-11-4-9-1-2-10(11)3-9/h9-13,15,17H,1-8H2,(H,16,18). The van der Waals surface area contributed by atoms with Gasteiger partial charge in [-0.2, -0.15) is 0 Å². The molecule has 18 heavy (non-hydrogen) atoms. The normalized spacial score (nSPS) is 42.4. The fourth-order valence-electron chi connectivity index (χ4n) is 4.11. The minimum absolute atomic E-state index is 0.187. The fraction of sp³-hybridized carbons (Fsp3) is 0.929. The minimum Gasteiger partial charge on any atom is -0.391 e. The van der Waals surface area contributed by atoms with E-state index >= 15 is 0 Å². The molecule has 3 aliphatic rings. The molecule has 0 spiro atoms. The summed E-state index contributed by atoms with van der Waals surface area (Å²) >= 11 is 0. The van der Waals surface area contributed by atoms with Gasteiger partial charge in [-0.15, -0.1) is 0 Å². The van der Waals surface area contributed by atoms with Gasteiger partial charge in [0.05, 0.1) is 6.10 Å². The molecule has 4 heteroatoms. The molecular formula is C14H24N2O2. The minimum atomic E-state index is -0.298. The number of carbonyl (C=O) groups excluding carboxylic acids is 1. The van der Waals surface area contributed by atoms with E-state index in [2.05, 4.69) is 10.6 Å². The number of β-amino-alcohol motifs (C(OH)–C–C–N with tert-alkyl or cyclic N) is 1. The van der Waals surface area contributed by atoms with Crippen LogP contribution in [0.25, 0.3) is 0 Å². The summed E-state index contributed by atoms with van der Waals surface area (Å²) in [5.41, 5.74) is 0. The van der Waals surface area contributed by atoms with Crippen molar-refractivity contribution in [1.29, 1.82) is 0 Å². The first-order valence-electron chi connectivity index (χ1n) is 7.38. The van der Waals surface area contributed by atoms with Gasteiger partial charge in [-0.25, -0.2) is 0 Å². The molecule has 3 N–H and O–H groups in total. The van der Waals surface area contributed by atoms with E-state index in [4.69, 9.17) is 0 Å². The van der Waals surface area contributed by atoms with Gasteiger partial charge in [0, 0.05) is 32.0 Å². The lowest BCUT2D eigenvalue weighted by Gasteiger charge is -2.21. The third kappa shape index (κ3) is 2.54. The summed E-state index contributed by atoms with van der Waals surface area (Å²) in [7, 11) is 0. The molecule has 2 bridgehead atoms. The molecule has 0 radical (unpaired) electrons. The second kappa shape index (κ2) is 5.17. The number of fused-ring (bicyclic) bond motifs is 2. The Kier molecular flexibility index (Phi) is 3.57. The van der Waals surface area contributed by atoms with Gasteiger partial charge in [0.1, 0.15) is 0 Å². The molecule has 0 aromatic carbocycles. The molecule has 102 valence electrons. The largest absolute Gasteiger partial charge is 0.391 e. The van der Waals surface area contributed by atoms with Gasteiger partial charge in [-0.3, -0.25) is 4.79 Å². The lowest BCUT2D eigenvalue weighted by Crippen LogP contribution is -2.35. The van der Waals surface area contributed by atoms with Crippen molar-refractivity contribution >= 4 is 5.91 Å². The van der Waals surface area contributed by atoms with Gasteiger partial charge < -0.3 is 15.7 Å². The topological polar surface area (TPSA) is 61.4 Å². The van der Waals surface area contributed by atoms with Crippen molar-refractivity contribution in [2.75, 3.05) is 19.6 Å². The van der Waals surface area contributed by atoms with Gasteiger partial charge in [-0.1, -0.05) is 6.42 Å². The smallest absolute Gasteiger partial charge is 0.220 e. The summed E-state index contributed by atoms with van der Waals surface area (Å²) in [4.78, 5) is 11.9. The van der Waals surface area contributed by atoms with Crippen LogP contribution in [0, 0.1) is 23.7 Å². The van der Waals surface area contributed by atoms with Crippen LogP contribution >= 0.6 is 0 Å². The molecule has 5 unspecified atom stereocenters. The Hall–Kier alpha value is -0.610. The van der Waals surface area contributed by atoms with Crippen LogP contribution in [0.1, 0.15) is 32.1 Å². The molecule has 1 saturated heterocycles. The first kappa shape index (κ1) is 12.4. The van der Waals surface area contributed by atoms with Crippen molar-refractivity contribution in [1.82, 2.24) is 10.6 Å². The van der Waals surface area contributed by atoms with Gasteiger partial charge >= 0.3 is 0 Å². The molecule has 0 aromatic heterocycles. The maximum Gasteiger partial charge on any atom is 0.220 e. The van der Waals surface area contributed by atoms with E-state index in [-0.39, 0.29) is 17.9 Å². The molecule has 2 aliphatic carbocycles. The van der Waals surface area contributed by atoms with Crippen molar-refractivity contribution in [3.05, 3.63) is 0 Å². The molecule has 2 saturated carbocycles. The van der Waals surface area contributed by atoms with Gasteiger partial charge in [0.25, 0.3) is 0 Å². The highest BCUT2D eigenvalue weighted by atomic mass is 16.3. The molecule has 0 aromatic rings. The molecule has 1 heterocycles. The first-order valence-corrected chi connectivity index (χ1v) is 7.38. The van der Waals surface area contributed by atoms with E-state index in [9.17, 15) is 9.90 Å². The third-order valence-electron chi connectivity index (χ3n) is 5.20. The Morgan fingerprint density at radius 3 is 2.72 bits per heavy atom. The number of amides is 1. The van der Waals surface area contributed by atoms with Crippen molar-refractivity contribution in [3.63, 3.8) is 0 Å². The van der Waals surface area contributed by atoms with Crippen LogP contribution in [0.3, 0.4) is 0 Å². The second-order valence-corrected chi connectivity index (χ2v) is 6.43. The van der Waals surface area contributed by atoms with Crippen molar-refractivity contribution in [2.45, 2.75) is 38.2 Å². The SMILES string of the molecule is O=C(CC1CC2CCC1C2)NCC1CNCC1O. The average Bonchev–Trinajstić information content (AvgIpc) is 3.03. The van der Waals surface area contributed by atoms with E-state index < -0.39 is 0 Å². The van der Waals surface area contributed by atoms with Crippen molar-refractivity contribution < 1.29 is 9.90 Å². The summed E-state index contributed by atoms with van der Waals surface area (Å²) in [6.45, 7) is 2.09. The van der Waals surface area contributed by atoms with E-state index in [1.165, 1.54) is 25.7 Å². The summed E-state index contributed by atoms with van der Waals surface area (Å²) in [6, 6.07) is 0. The maximum absolute atomic E-state index is 11.9. The predicted molar refractivity (Wildman–Crippen MR) is 68.9 cm³/mol. The zero-order valence-electron chi connectivity index (χ0n) is 10.9. The number of aliphatic hydroxyl groups is 1. The van der Waals surface area contributed by atoms with Crippen LogP contribution in [-0.2, 0) is 4.79 Å². The molecule has 3 fully saturated rings. The lowest BCUT2D eigenvalue weighted by molar-refractivity contribution is -0.122. The number of carbonyl (C=O) groups is 1. The zero-order chi connectivity index (χ0) is 12.5. The maximum atomic E-state index is 11.9. The third-order valence-corrected chi connectivity index (χ3v) is 5.20. The summed E-state index contributed by atoms with van der Waals surface area (Å²) in [5, 5.41) is 15.8. The lowest BCUT2D eigenvalue weighted by atomic mass is 9.86. The van der Waals surface area contributed by atoms with Crippen molar-refractivity contribution in [2.24, 2.45) is 23.7 Å². The molecule has 4 nitrogen and oxygen atoms in total. The Bertz CT molecular complexity index is 321. The summed E-state index contributed by atoms with van der Waals surface area (Å²) in [6.07, 6.45) is 5.77. The second-order valence-electron chi connectivity index (χ2n) is 6.43. The highest BCUT2D eigenvalue weighted by Gasteiger charge is 2.40. The Morgan fingerprint density at radius 1 is 1.22 bits per heavy atom. The molecule has 1 amide bonds.